The van der Waals surface area contributed by atoms with Crippen LogP contribution in [0.3, 0.4) is 0 Å². The maximum Gasteiger partial charge on any atom is 0.414 e. The first-order valence-electron chi connectivity index (χ1n) is 8.34. The number of carbonyl (C=O) groups excluding carboxylic acids is 3. The number of furan rings is 1. The van der Waals surface area contributed by atoms with Crippen LogP contribution in [0, 0.1) is 5.82 Å². The molecule has 148 valence electrons. The molecule has 1 aliphatic rings. The van der Waals surface area contributed by atoms with Gasteiger partial charge in [0.1, 0.15) is 11.9 Å². The van der Waals surface area contributed by atoms with Gasteiger partial charge in [-0.2, -0.15) is 0 Å². The predicted molar refractivity (Wildman–Crippen MR) is 101 cm³/mol. The molecule has 0 spiro atoms. The second kappa shape index (κ2) is 8.34. The Hall–Kier alpha value is -3.01. The average molecular weight is 407 g/mol. The van der Waals surface area contributed by atoms with Crippen LogP contribution in [0.5, 0.6) is 0 Å². The normalized spacial score (nSPS) is 16.0. The summed E-state index contributed by atoms with van der Waals surface area (Å²) in [5.74, 6) is -1.46. The Kier molecular flexibility index (Phi) is 5.88. The van der Waals surface area contributed by atoms with Gasteiger partial charge in [-0.3, -0.25) is 14.5 Å². The van der Waals surface area contributed by atoms with Gasteiger partial charge in [-0.25, -0.2) is 9.18 Å². The minimum absolute atomic E-state index is 0.0433. The third-order valence-electron chi connectivity index (χ3n) is 3.97. The van der Waals surface area contributed by atoms with Crippen molar-refractivity contribution >= 4 is 41.0 Å². The molecule has 2 heterocycles. The third kappa shape index (κ3) is 4.45. The van der Waals surface area contributed by atoms with E-state index in [9.17, 15) is 18.8 Å². The number of halogens is 1. The lowest BCUT2D eigenvalue weighted by Crippen LogP contribution is -2.33. The first-order chi connectivity index (χ1) is 13.4. The quantitative estimate of drug-likeness (QED) is 0.714. The van der Waals surface area contributed by atoms with Crippen molar-refractivity contribution in [3.63, 3.8) is 0 Å². The molecule has 10 heteroatoms. The van der Waals surface area contributed by atoms with E-state index in [0.29, 0.717) is 5.09 Å². The topological polar surface area (TPSA) is 101 Å². The first-order valence-corrected chi connectivity index (χ1v) is 9.57. The Morgan fingerprint density at radius 2 is 2.11 bits per heavy atom. The number of anilines is 2. The summed E-state index contributed by atoms with van der Waals surface area (Å²) in [6, 6.07) is 7.14. The number of thioether (sulfide) groups is 1. The van der Waals surface area contributed by atoms with Crippen LogP contribution in [0.4, 0.5) is 20.6 Å². The molecule has 2 N–H and O–H groups in total. The van der Waals surface area contributed by atoms with E-state index < -0.39 is 23.9 Å². The highest BCUT2D eigenvalue weighted by Gasteiger charge is 2.32. The molecular formula is C18H18FN3O5S. The summed E-state index contributed by atoms with van der Waals surface area (Å²) in [6.45, 7) is 1.71. The standard InChI is InChI=1S/C18H18FN3O5S/c1-10(23)20-8-12-9-22(18(25)26-12)11-3-4-14(13(19)7-11)21-17(24)15-5-6-16(27-15)28-2/h3-7,12H,8-9H2,1-2H3,(H,20,23)(H,21,24)/t12-/m0/s1. The Bertz CT molecular complexity index is 916. The van der Waals surface area contributed by atoms with Gasteiger partial charge in [0.05, 0.1) is 24.5 Å². The third-order valence-corrected chi connectivity index (χ3v) is 4.59. The highest BCUT2D eigenvalue weighted by Crippen LogP contribution is 2.26. The molecule has 8 nitrogen and oxygen atoms in total. The Labute approximate surface area is 164 Å². The minimum Gasteiger partial charge on any atom is -0.445 e. The van der Waals surface area contributed by atoms with Crippen molar-refractivity contribution in [3.05, 3.63) is 41.9 Å². The summed E-state index contributed by atoms with van der Waals surface area (Å²) in [5, 5.41) is 5.58. The average Bonchev–Trinajstić information content (AvgIpc) is 3.28. The van der Waals surface area contributed by atoms with E-state index in [1.165, 1.54) is 41.8 Å². The Balaban J connectivity index is 1.67. The van der Waals surface area contributed by atoms with Gasteiger partial charge < -0.3 is 19.8 Å². The van der Waals surface area contributed by atoms with Gasteiger partial charge in [0.15, 0.2) is 10.9 Å². The number of hydrogen-bond acceptors (Lipinski definition) is 6. The van der Waals surface area contributed by atoms with E-state index >= 15 is 0 Å². The van der Waals surface area contributed by atoms with Crippen LogP contribution in [0.1, 0.15) is 17.5 Å². The number of nitrogens with zero attached hydrogens (tertiary/aromatic N) is 1. The van der Waals surface area contributed by atoms with Crippen molar-refractivity contribution in [2.45, 2.75) is 18.1 Å². The van der Waals surface area contributed by atoms with Gasteiger partial charge in [-0.15, -0.1) is 0 Å². The molecule has 0 saturated carbocycles. The Morgan fingerprint density at radius 3 is 2.75 bits per heavy atom. The molecule has 28 heavy (non-hydrogen) atoms. The van der Waals surface area contributed by atoms with Crippen LogP contribution in [-0.2, 0) is 9.53 Å². The van der Waals surface area contributed by atoms with Crippen LogP contribution < -0.4 is 15.5 Å². The highest BCUT2D eigenvalue weighted by molar-refractivity contribution is 7.98. The van der Waals surface area contributed by atoms with Gasteiger partial charge >= 0.3 is 6.09 Å². The fourth-order valence-corrected chi connectivity index (χ4v) is 2.98. The summed E-state index contributed by atoms with van der Waals surface area (Å²) in [6.07, 6.45) is 0.651. The van der Waals surface area contributed by atoms with Crippen LogP contribution in [0.2, 0.25) is 0 Å². The van der Waals surface area contributed by atoms with Gasteiger partial charge in [-0.1, -0.05) is 11.8 Å². The number of rotatable bonds is 6. The molecule has 0 bridgehead atoms. The Morgan fingerprint density at radius 1 is 1.32 bits per heavy atom. The number of nitrogens with one attached hydrogen (secondary N) is 2. The fourth-order valence-electron chi connectivity index (χ4n) is 2.61. The van der Waals surface area contributed by atoms with Gasteiger partial charge in [-0.05, 0) is 36.6 Å². The van der Waals surface area contributed by atoms with E-state index in [1.54, 1.807) is 6.07 Å². The molecule has 2 aromatic rings. The molecule has 1 fully saturated rings. The second-order valence-corrected chi connectivity index (χ2v) is 6.81. The lowest BCUT2D eigenvalue weighted by Gasteiger charge is -2.14. The zero-order valence-corrected chi connectivity index (χ0v) is 16.0. The molecule has 1 aromatic heterocycles. The van der Waals surface area contributed by atoms with Crippen molar-refractivity contribution < 1.29 is 27.9 Å². The summed E-state index contributed by atoms with van der Waals surface area (Å²) in [7, 11) is 0. The summed E-state index contributed by atoms with van der Waals surface area (Å²) >= 11 is 1.34. The lowest BCUT2D eigenvalue weighted by molar-refractivity contribution is -0.119. The number of cyclic esters (lactones) is 1. The van der Waals surface area contributed by atoms with E-state index in [-0.39, 0.29) is 36.1 Å². The summed E-state index contributed by atoms with van der Waals surface area (Å²) < 4.78 is 24.9. The van der Waals surface area contributed by atoms with Crippen molar-refractivity contribution in [1.82, 2.24) is 5.32 Å². The SMILES string of the molecule is CSc1ccc(C(=O)Nc2ccc(N3C[C@H](CNC(C)=O)OC3=O)cc2F)o1. The molecule has 3 rings (SSSR count). The van der Waals surface area contributed by atoms with Gasteiger partial charge in [0.25, 0.3) is 5.91 Å². The van der Waals surface area contributed by atoms with Crippen LogP contribution in [0.15, 0.2) is 39.8 Å². The molecule has 0 aliphatic carbocycles. The number of carbonyl (C=O) groups is 3. The fraction of sp³-hybridized carbons (Fsp3) is 0.278. The second-order valence-electron chi connectivity index (χ2n) is 5.99. The maximum atomic E-state index is 14.4. The molecule has 0 unspecified atom stereocenters. The largest absolute Gasteiger partial charge is 0.445 e. The smallest absolute Gasteiger partial charge is 0.414 e. The number of benzene rings is 1. The summed E-state index contributed by atoms with van der Waals surface area (Å²) in [5.41, 5.74) is 0.242. The van der Waals surface area contributed by atoms with E-state index in [2.05, 4.69) is 10.6 Å². The zero-order chi connectivity index (χ0) is 20.3. The van der Waals surface area contributed by atoms with E-state index in [4.69, 9.17) is 9.15 Å². The van der Waals surface area contributed by atoms with Crippen molar-refractivity contribution in [3.8, 4) is 0 Å². The van der Waals surface area contributed by atoms with Crippen molar-refractivity contribution in [1.29, 1.82) is 0 Å². The molecule has 1 saturated heterocycles. The van der Waals surface area contributed by atoms with E-state index in [0.717, 1.165) is 6.07 Å². The molecule has 1 atom stereocenters. The predicted octanol–water partition coefficient (Wildman–Crippen LogP) is 2.85. The lowest BCUT2D eigenvalue weighted by atomic mass is 10.2. The van der Waals surface area contributed by atoms with Crippen LogP contribution in [-0.4, -0.2) is 43.4 Å². The van der Waals surface area contributed by atoms with Crippen molar-refractivity contribution in [2.24, 2.45) is 0 Å². The number of hydrogen-bond donors (Lipinski definition) is 2. The summed E-state index contributed by atoms with van der Waals surface area (Å²) in [4.78, 5) is 36.4. The van der Waals surface area contributed by atoms with Crippen molar-refractivity contribution in [2.75, 3.05) is 29.6 Å². The molecule has 3 amide bonds. The molecular weight excluding hydrogens is 389 g/mol. The number of ether oxygens (including phenoxy) is 1. The van der Waals surface area contributed by atoms with Gasteiger partial charge in [0, 0.05) is 6.92 Å². The first kappa shape index (κ1) is 19.7. The van der Waals surface area contributed by atoms with Gasteiger partial charge in [0.2, 0.25) is 5.91 Å². The molecule has 0 radical (unpaired) electrons. The van der Waals surface area contributed by atoms with E-state index in [1.807, 2.05) is 6.26 Å². The monoisotopic (exact) mass is 407 g/mol. The molecule has 1 aliphatic heterocycles. The number of amides is 3. The van der Waals surface area contributed by atoms with Crippen LogP contribution >= 0.6 is 11.8 Å². The minimum atomic E-state index is -0.708. The van der Waals surface area contributed by atoms with Crippen LogP contribution in [0.25, 0.3) is 0 Å². The maximum absolute atomic E-state index is 14.4. The highest BCUT2D eigenvalue weighted by atomic mass is 32.2. The zero-order valence-electron chi connectivity index (χ0n) is 15.2. The molecule has 1 aromatic carbocycles.